The van der Waals surface area contributed by atoms with Crippen LogP contribution in [0.1, 0.15) is 18.1 Å². The van der Waals surface area contributed by atoms with E-state index >= 15 is 0 Å². The molecule has 108 valence electrons. The van der Waals surface area contributed by atoms with E-state index in [0.29, 0.717) is 5.56 Å². The van der Waals surface area contributed by atoms with Crippen LogP contribution >= 0.6 is 0 Å². The van der Waals surface area contributed by atoms with Crippen LogP contribution in [0.2, 0.25) is 0 Å². The van der Waals surface area contributed by atoms with Crippen molar-refractivity contribution in [3.05, 3.63) is 66.0 Å². The highest BCUT2D eigenvalue weighted by Crippen LogP contribution is 2.21. The van der Waals surface area contributed by atoms with Crippen molar-refractivity contribution in [2.24, 2.45) is 0 Å². The number of benzene rings is 1. The molecule has 2 aromatic rings. The number of nitrogens with one attached hydrogen (secondary N) is 1. The molecule has 1 heterocycles. The van der Waals surface area contributed by atoms with E-state index in [1.165, 1.54) is 6.92 Å². The Hall–Kier alpha value is -2.69. The maximum Gasteiger partial charge on any atom is 0.333 e. The molecule has 0 aliphatic carbocycles. The van der Waals surface area contributed by atoms with E-state index in [4.69, 9.17) is 0 Å². The Morgan fingerprint density at radius 1 is 1.19 bits per heavy atom. The van der Waals surface area contributed by atoms with Gasteiger partial charge < -0.3 is 10.4 Å². The van der Waals surface area contributed by atoms with Gasteiger partial charge in [-0.1, -0.05) is 36.4 Å². The zero-order valence-electron chi connectivity index (χ0n) is 11.6. The van der Waals surface area contributed by atoms with Crippen molar-refractivity contribution in [2.45, 2.75) is 18.9 Å². The first-order chi connectivity index (χ1) is 10.0. The molecular formula is C16H16N2O3. The van der Waals surface area contributed by atoms with Gasteiger partial charge in [0.05, 0.1) is 6.42 Å². The summed E-state index contributed by atoms with van der Waals surface area (Å²) in [5.41, 5.74) is -0.201. The molecule has 0 saturated heterocycles. The molecule has 1 aromatic carbocycles. The monoisotopic (exact) mass is 284 g/mol. The highest BCUT2D eigenvalue weighted by Gasteiger charge is 2.36. The summed E-state index contributed by atoms with van der Waals surface area (Å²) < 4.78 is 0. The molecule has 0 radical (unpaired) electrons. The maximum atomic E-state index is 12.1. The number of pyridine rings is 1. The van der Waals surface area contributed by atoms with Crippen LogP contribution in [-0.4, -0.2) is 22.0 Å². The number of rotatable bonds is 5. The zero-order chi connectivity index (χ0) is 15.3. The van der Waals surface area contributed by atoms with Crippen LogP contribution in [0.25, 0.3) is 0 Å². The number of carboxylic acid groups (broad SMARTS) is 1. The van der Waals surface area contributed by atoms with E-state index in [1.807, 2.05) is 0 Å². The minimum atomic E-state index is -1.46. The molecule has 0 aliphatic heterocycles. The first-order valence-corrected chi connectivity index (χ1v) is 6.51. The van der Waals surface area contributed by atoms with Crippen LogP contribution in [0.4, 0.5) is 0 Å². The summed E-state index contributed by atoms with van der Waals surface area (Å²) >= 11 is 0. The molecule has 21 heavy (non-hydrogen) atoms. The molecule has 2 rings (SSSR count). The van der Waals surface area contributed by atoms with Crippen molar-refractivity contribution in [1.29, 1.82) is 0 Å². The topological polar surface area (TPSA) is 79.3 Å². The highest BCUT2D eigenvalue weighted by molar-refractivity contribution is 5.88. The molecular weight excluding hydrogens is 268 g/mol. The van der Waals surface area contributed by atoms with Crippen LogP contribution in [0.5, 0.6) is 0 Å². The average molecular weight is 284 g/mol. The summed E-state index contributed by atoms with van der Waals surface area (Å²) in [6.07, 6.45) is 3.29. The first kappa shape index (κ1) is 14.7. The number of carbonyl (C=O) groups is 2. The van der Waals surface area contributed by atoms with Crippen LogP contribution in [0.3, 0.4) is 0 Å². The van der Waals surface area contributed by atoms with Crippen LogP contribution in [0, 0.1) is 0 Å². The van der Waals surface area contributed by atoms with E-state index in [9.17, 15) is 14.7 Å². The lowest BCUT2D eigenvalue weighted by molar-refractivity contribution is -0.147. The van der Waals surface area contributed by atoms with E-state index in [0.717, 1.165) is 5.56 Å². The summed E-state index contributed by atoms with van der Waals surface area (Å²) in [4.78, 5) is 27.6. The van der Waals surface area contributed by atoms with Gasteiger partial charge in [0.25, 0.3) is 0 Å². The molecule has 5 heteroatoms. The largest absolute Gasteiger partial charge is 0.479 e. The Bertz CT molecular complexity index is 628. The second-order valence-corrected chi connectivity index (χ2v) is 4.88. The Labute approximate surface area is 122 Å². The fraction of sp³-hybridized carbons (Fsp3) is 0.188. The summed E-state index contributed by atoms with van der Waals surface area (Å²) in [6.45, 7) is 1.48. The summed E-state index contributed by atoms with van der Waals surface area (Å²) in [5.74, 6) is -1.47. The highest BCUT2D eigenvalue weighted by atomic mass is 16.4. The van der Waals surface area contributed by atoms with E-state index in [-0.39, 0.29) is 12.3 Å². The molecule has 0 bridgehead atoms. The summed E-state index contributed by atoms with van der Waals surface area (Å²) in [7, 11) is 0. The molecule has 0 spiro atoms. The van der Waals surface area contributed by atoms with Gasteiger partial charge in [-0.2, -0.15) is 0 Å². The standard InChI is InChI=1S/C16H16N2O3/c1-16(15(20)21,13-7-3-2-4-8-13)18-14(19)10-12-6-5-9-17-11-12/h2-9,11H,10H2,1H3,(H,18,19)(H,20,21). The average Bonchev–Trinajstić information content (AvgIpc) is 2.48. The fourth-order valence-corrected chi connectivity index (χ4v) is 2.03. The zero-order valence-corrected chi connectivity index (χ0v) is 11.6. The Morgan fingerprint density at radius 2 is 1.90 bits per heavy atom. The molecule has 5 nitrogen and oxygen atoms in total. The number of aromatic nitrogens is 1. The van der Waals surface area contributed by atoms with Gasteiger partial charge >= 0.3 is 5.97 Å². The number of carboxylic acids is 1. The Balaban J connectivity index is 2.17. The fourth-order valence-electron chi connectivity index (χ4n) is 2.03. The predicted octanol–water partition coefficient (Wildman–Crippen LogP) is 1.74. The van der Waals surface area contributed by atoms with Gasteiger partial charge in [0.2, 0.25) is 5.91 Å². The molecule has 0 saturated carbocycles. The third kappa shape index (κ3) is 3.45. The van der Waals surface area contributed by atoms with Crippen LogP contribution < -0.4 is 5.32 Å². The Morgan fingerprint density at radius 3 is 2.48 bits per heavy atom. The van der Waals surface area contributed by atoms with Crippen molar-refractivity contribution >= 4 is 11.9 Å². The van der Waals surface area contributed by atoms with Gasteiger partial charge in [0.15, 0.2) is 5.54 Å². The smallest absolute Gasteiger partial charge is 0.333 e. The lowest BCUT2D eigenvalue weighted by Crippen LogP contribution is -2.50. The third-order valence-corrected chi connectivity index (χ3v) is 3.26. The van der Waals surface area contributed by atoms with E-state index < -0.39 is 11.5 Å². The lowest BCUT2D eigenvalue weighted by Gasteiger charge is -2.26. The molecule has 0 aliphatic rings. The SMILES string of the molecule is CC(NC(=O)Cc1cccnc1)(C(=O)O)c1ccccc1. The number of aliphatic carboxylic acids is 1. The quantitative estimate of drug-likeness (QED) is 0.876. The van der Waals surface area contributed by atoms with Crippen molar-refractivity contribution in [1.82, 2.24) is 10.3 Å². The molecule has 1 aromatic heterocycles. The van der Waals surface area contributed by atoms with Gasteiger partial charge in [-0.3, -0.25) is 9.78 Å². The maximum absolute atomic E-state index is 12.1. The number of hydrogen-bond acceptors (Lipinski definition) is 3. The Kier molecular flexibility index (Phi) is 4.33. The minimum absolute atomic E-state index is 0.0868. The molecule has 1 unspecified atom stereocenters. The van der Waals surface area contributed by atoms with Crippen molar-refractivity contribution in [2.75, 3.05) is 0 Å². The van der Waals surface area contributed by atoms with Crippen molar-refractivity contribution < 1.29 is 14.7 Å². The van der Waals surface area contributed by atoms with E-state index in [1.54, 1.807) is 54.9 Å². The molecule has 0 fully saturated rings. The molecule has 1 atom stereocenters. The van der Waals surface area contributed by atoms with Gasteiger partial charge in [-0.05, 0) is 24.1 Å². The van der Waals surface area contributed by atoms with Gasteiger partial charge in [-0.15, -0.1) is 0 Å². The third-order valence-electron chi connectivity index (χ3n) is 3.26. The second kappa shape index (κ2) is 6.17. The normalized spacial score (nSPS) is 13.2. The summed E-state index contributed by atoms with van der Waals surface area (Å²) in [5, 5.41) is 12.1. The predicted molar refractivity (Wildman–Crippen MR) is 77.5 cm³/mol. The first-order valence-electron chi connectivity index (χ1n) is 6.51. The second-order valence-electron chi connectivity index (χ2n) is 4.88. The summed E-state index contributed by atoms with van der Waals surface area (Å²) in [6, 6.07) is 12.1. The van der Waals surface area contributed by atoms with Crippen LogP contribution in [0.15, 0.2) is 54.9 Å². The van der Waals surface area contributed by atoms with Crippen molar-refractivity contribution in [3.63, 3.8) is 0 Å². The van der Waals surface area contributed by atoms with Gasteiger partial charge in [-0.25, -0.2) is 4.79 Å². The van der Waals surface area contributed by atoms with E-state index in [2.05, 4.69) is 10.3 Å². The van der Waals surface area contributed by atoms with Gasteiger partial charge in [0.1, 0.15) is 0 Å². The number of nitrogens with zero attached hydrogens (tertiary/aromatic N) is 1. The number of amides is 1. The number of hydrogen-bond donors (Lipinski definition) is 2. The van der Waals surface area contributed by atoms with Crippen molar-refractivity contribution in [3.8, 4) is 0 Å². The number of carbonyl (C=O) groups excluding carboxylic acids is 1. The minimum Gasteiger partial charge on any atom is -0.479 e. The van der Waals surface area contributed by atoms with Gasteiger partial charge in [0, 0.05) is 12.4 Å². The lowest BCUT2D eigenvalue weighted by atomic mass is 9.91. The molecule has 2 N–H and O–H groups in total. The molecule has 1 amide bonds. The van der Waals surface area contributed by atoms with Crippen LogP contribution in [-0.2, 0) is 21.5 Å².